The van der Waals surface area contributed by atoms with Crippen LogP contribution in [0.2, 0.25) is 0 Å². The molecule has 0 radical (unpaired) electrons. The molecule has 0 aliphatic heterocycles. The predicted octanol–water partition coefficient (Wildman–Crippen LogP) is 4.08. The summed E-state index contributed by atoms with van der Waals surface area (Å²) in [6.07, 6.45) is 0. The molecule has 1 unspecified atom stereocenters. The fourth-order valence-electron chi connectivity index (χ4n) is 2.08. The number of hydrogen-bond acceptors (Lipinski definition) is 4. The van der Waals surface area contributed by atoms with Gasteiger partial charge in [-0.2, -0.15) is 0 Å². The van der Waals surface area contributed by atoms with Gasteiger partial charge in [0.15, 0.2) is 0 Å². The van der Waals surface area contributed by atoms with Crippen molar-refractivity contribution in [3.63, 3.8) is 0 Å². The molecule has 0 aliphatic rings. The average molecular weight is 286 g/mol. The third kappa shape index (κ3) is 3.51. The molecular formula is C16H18N2O3. The highest BCUT2D eigenvalue weighted by Crippen LogP contribution is 2.31. The highest BCUT2D eigenvalue weighted by Gasteiger charge is 2.17. The highest BCUT2D eigenvalue weighted by molar-refractivity contribution is 5.64. The number of nitro benzene ring substituents is 1. The second kappa shape index (κ2) is 6.26. The van der Waals surface area contributed by atoms with Crippen LogP contribution in [0.25, 0.3) is 0 Å². The van der Waals surface area contributed by atoms with Crippen LogP contribution in [0.15, 0.2) is 42.5 Å². The number of methoxy groups -OCH3 is 1. The lowest BCUT2D eigenvalue weighted by molar-refractivity contribution is -0.384. The minimum absolute atomic E-state index is 0.00770. The van der Waals surface area contributed by atoms with Crippen LogP contribution >= 0.6 is 0 Å². The Morgan fingerprint density at radius 1 is 1.19 bits per heavy atom. The Morgan fingerprint density at radius 3 is 2.43 bits per heavy atom. The number of benzene rings is 2. The molecule has 2 rings (SSSR count). The molecule has 0 saturated carbocycles. The zero-order valence-electron chi connectivity index (χ0n) is 12.3. The fourth-order valence-corrected chi connectivity index (χ4v) is 2.08. The summed E-state index contributed by atoms with van der Waals surface area (Å²) in [5, 5.41) is 14.3. The minimum atomic E-state index is -0.410. The van der Waals surface area contributed by atoms with Gasteiger partial charge in [-0.15, -0.1) is 0 Å². The van der Waals surface area contributed by atoms with Crippen LogP contribution in [0.4, 0.5) is 11.4 Å². The van der Waals surface area contributed by atoms with Crippen LogP contribution < -0.4 is 10.1 Å². The van der Waals surface area contributed by atoms with Crippen LogP contribution in [0.1, 0.15) is 24.1 Å². The van der Waals surface area contributed by atoms with Crippen molar-refractivity contribution in [1.82, 2.24) is 0 Å². The van der Waals surface area contributed by atoms with Crippen LogP contribution in [-0.4, -0.2) is 12.0 Å². The first kappa shape index (κ1) is 14.8. The second-order valence-corrected chi connectivity index (χ2v) is 4.92. The van der Waals surface area contributed by atoms with Crippen LogP contribution in [0, 0.1) is 17.0 Å². The van der Waals surface area contributed by atoms with Crippen molar-refractivity contribution >= 4 is 11.4 Å². The first-order valence-electron chi connectivity index (χ1n) is 6.67. The second-order valence-electron chi connectivity index (χ2n) is 4.92. The summed E-state index contributed by atoms with van der Waals surface area (Å²) in [6.45, 7) is 3.99. The summed E-state index contributed by atoms with van der Waals surface area (Å²) < 4.78 is 5.03. The monoisotopic (exact) mass is 286 g/mol. The van der Waals surface area contributed by atoms with Gasteiger partial charge in [0.1, 0.15) is 11.4 Å². The van der Waals surface area contributed by atoms with E-state index in [0.29, 0.717) is 11.4 Å². The molecule has 1 atom stereocenters. The zero-order valence-corrected chi connectivity index (χ0v) is 12.3. The van der Waals surface area contributed by atoms with E-state index in [1.165, 1.54) is 18.7 Å². The molecule has 2 aromatic rings. The molecule has 0 amide bonds. The molecule has 0 aromatic heterocycles. The summed E-state index contributed by atoms with van der Waals surface area (Å²) >= 11 is 0. The SMILES string of the molecule is COc1ccc(NC(C)c2ccc(C)cc2)c([N+](=O)[O-])c1. The van der Waals surface area contributed by atoms with Gasteiger partial charge in [-0.3, -0.25) is 10.1 Å². The number of anilines is 1. The van der Waals surface area contributed by atoms with Gasteiger partial charge >= 0.3 is 0 Å². The molecule has 5 nitrogen and oxygen atoms in total. The van der Waals surface area contributed by atoms with Crippen molar-refractivity contribution in [3.05, 3.63) is 63.7 Å². The maximum atomic E-state index is 11.2. The normalized spacial score (nSPS) is 11.8. The van der Waals surface area contributed by atoms with Gasteiger partial charge in [0.05, 0.1) is 18.1 Å². The molecule has 1 N–H and O–H groups in total. The van der Waals surface area contributed by atoms with E-state index in [2.05, 4.69) is 5.32 Å². The van der Waals surface area contributed by atoms with Crippen molar-refractivity contribution in [2.24, 2.45) is 0 Å². The standard InChI is InChI=1S/C16H18N2O3/c1-11-4-6-13(7-5-11)12(2)17-15-9-8-14(21-3)10-16(15)18(19)20/h4-10,12,17H,1-3H3. The Balaban J connectivity index is 2.26. The summed E-state index contributed by atoms with van der Waals surface area (Å²) in [6, 6.07) is 12.8. The highest BCUT2D eigenvalue weighted by atomic mass is 16.6. The minimum Gasteiger partial charge on any atom is -0.496 e. The Morgan fingerprint density at radius 2 is 1.86 bits per heavy atom. The smallest absolute Gasteiger partial charge is 0.296 e. The van der Waals surface area contributed by atoms with Crippen LogP contribution in [0.5, 0.6) is 5.75 Å². The Kier molecular flexibility index (Phi) is 4.42. The number of hydrogen-bond donors (Lipinski definition) is 1. The third-order valence-electron chi connectivity index (χ3n) is 3.35. The fraction of sp³-hybridized carbons (Fsp3) is 0.250. The Hall–Kier alpha value is -2.56. The van der Waals surface area contributed by atoms with E-state index in [1.807, 2.05) is 38.1 Å². The van der Waals surface area contributed by atoms with Gasteiger partial charge in [-0.05, 0) is 31.5 Å². The van der Waals surface area contributed by atoms with Crippen LogP contribution in [0.3, 0.4) is 0 Å². The molecule has 2 aromatic carbocycles. The molecule has 0 fully saturated rings. The summed E-state index contributed by atoms with van der Waals surface area (Å²) in [4.78, 5) is 10.8. The van der Waals surface area contributed by atoms with Gasteiger partial charge in [0.2, 0.25) is 0 Å². The Labute approximate surface area is 123 Å². The first-order valence-corrected chi connectivity index (χ1v) is 6.67. The molecule has 0 heterocycles. The van der Waals surface area contributed by atoms with E-state index in [0.717, 1.165) is 5.56 Å². The average Bonchev–Trinajstić information content (AvgIpc) is 2.48. The largest absolute Gasteiger partial charge is 0.496 e. The van der Waals surface area contributed by atoms with E-state index in [1.54, 1.807) is 12.1 Å². The van der Waals surface area contributed by atoms with Gasteiger partial charge < -0.3 is 10.1 Å². The van der Waals surface area contributed by atoms with E-state index in [-0.39, 0.29) is 11.7 Å². The van der Waals surface area contributed by atoms with E-state index in [4.69, 9.17) is 4.74 Å². The molecule has 0 aliphatic carbocycles. The predicted molar refractivity (Wildman–Crippen MR) is 82.9 cm³/mol. The molecule has 0 bridgehead atoms. The maximum Gasteiger partial charge on any atom is 0.296 e. The molecule has 110 valence electrons. The summed E-state index contributed by atoms with van der Waals surface area (Å²) in [5.74, 6) is 0.468. The molecule has 21 heavy (non-hydrogen) atoms. The van der Waals surface area contributed by atoms with Gasteiger partial charge in [-0.25, -0.2) is 0 Å². The molecule has 5 heteroatoms. The topological polar surface area (TPSA) is 64.4 Å². The number of nitrogens with zero attached hydrogens (tertiary/aromatic N) is 1. The van der Waals surface area contributed by atoms with Crippen molar-refractivity contribution in [1.29, 1.82) is 0 Å². The first-order chi connectivity index (χ1) is 10.0. The number of rotatable bonds is 5. The number of ether oxygens (including phenoxy) is 1. The lowest BCUT2D eigenvalue weighted by Gasteiger charge is -2.16. The van der Waals surface area contributed by atoms with Gasteiger partial charge in [0.25, 0.3) is 5.69 Å². The molecule has 0 spiro atoms. The van der Waals surface area contributed by atoms with Crippen molar-refractivity contribution in [2.45, 2.75) is 19.9 Å². The zero-order chi connectivity index (χ0) is 15.4. The van der Waals surface area contributed by atoms with Crippen molar-refractivity contribution in [2.75, 3.05) is 12.4 Å². The van der Waals surface area contributed by atoms with E-state index in [9.17, 15) is 10.1 Å². The van der Waals surface area contributed by atoms with Gasteiger partial charge in [0, 0.05) is 6.04 Å². The third-order valence-corrected chi connectivity index (χ3v) is 3.35. The van der Waals surface area contributed by atoms with E-state index >= 15 is 0 Å². The maximum absolute atomic E-state index is 11.2. The summed E-state index contributed by atoms with van der Waals surface area (Å²) in [7, 11) is 1.49. The lowest BCUT2D eigenvalue weighted by atomic mass is 10.1. The number of nitro groups is 1. The number of nitrogens with one attached hydrogen (secondary N) is 1. The van der Waals surface area contributed by atoms with Crippen molar-refractivity contribution < 1.29 is 9.66 Å². The van der Waals surface area contributed by atoms with Gasteiger partial charge in [-0.1, -0.05) is 29.8 Å². The van der Waals surface area contributed by atoms with Crippen molar-refractivity contribution in [3.8, 4) is 5.75 Å². The lowest BCUT2D eigenvalue weighted by Crippen LogP contribution is -2.08. The molecule has 0 saturated heterocycles. The van der Waals surface area contributed by atoms with E-state index < -0.39 is 4.92 Å². The quantitative estimate of drug-likeness (QED) is 0.664. The number of aryl methyl sites for hydroxylation is 1. The Bertz CT molecular complexity index is 638. The molecular weight excluding hydrogens is 268 g/mol. The summed E-state index contributed by atoms with van der Waals surface area (Å²) in [5.41, 5.74) is 2.74. The van der Waals surface area contributed by atoms with Crippen LogP contribution in [-0.2, 0) is 0 Å².